The number of hydrogen-bond donors (Lipinski definition) is 2. The molecule has 2 saturated heterocycles. The first-order valence-electron chi connectivity index (χ1n) is 40.9. The second-order valence-electron chi connectivity index (χ2n) is 36.0. The van der Waals surface area contributed by atoms with Gasteiger partial charge in [0.1, 0.15) is 23.7 Å². The summed E-state index contributed by atoms with van der Waals surface area (Å²) in [5, 5.41) is 3.22. The van der Waals surface area contributed by atoms with Crippen LogP contribution in [0.3, 0.4) is 0 Å². The number of amides is 4. The van der Waals surface area contributed by atoms with Crippen LogP contribution in [-0.2, 0) is 67.9 Å². The van der Waals surface area contributed by atoms with Crippen molar-refractivity contribution in [2.24, 2.45) is 69.0 Å². The van der Waals surface area contributed by atoms with Gasteiger partial charge in [0.15, 0.2) is 11.6 Å². The molecule has 10 aliphatic rings. The van der Waals surface area contributed by atoms with Crippen LogP contribution in [0.25, 0.3) is 21.5 Å². The third kappa shape index (κ3) is 18.4. The van der Waals surface area contributed by atoms with Gasteiger partial charge in [-0.25, -0.2) is 26.8 Å². The lowest BCUT2D eigenvalue weighted by Crippen LogP contribution is -2.48. The summed E-state index contributed by atoms with van der Waals surface area (Å²) in [7, 11) is -7.89. The van der Waals surface area contributed by atoms with Gasteiger partial charge in [0.25, 0.3) is 0 Å². The van der Waals surface area contributed by atoms with Crippen molar-refractivity contribution in [2.75, 3.05) is 39.5 Å². The quantitative estimate of drug-likeness (QED) is 0.0545. The van der Waals surface area contributed by atoms with Crippen molar-refractivity contribution in [2.45, 2.75) is 244 Å². The number of aromatic nitrogens is 2. The topological polar surface area (TPSA) is 317 Å². The number of carbonyl (C=O) groups excluding carboxylic acids is 8. The fraction of sp³-hybridized carbons (Fsp3) is 0.651. The number of sulfonamides is 2. The number of rotatable bonds is 22. The lowest BCUT2D eigenvalue weighted by molar-refractivity contribution is -0.153. The van der Waals surface area contributed by atoms with Crippen molar-refractivity contribution in [3.8, 4) is 23.3 Å². The van der Waals surface area contributed by atoms with Gasteiger partial charge in [-0.1, -0.05) is 65.8 Å². The Labute approximate surface area is 659 Å². The number of hydrogen-bond acceptors (Lipinski definition) is 20. The molecule has 2 aromatic carbocycles. The van der Waals surface area contributed by atoms with E-state index in [1.807, 2.05) is 101 Å². The molecule has 608 valence electrons. The molecule has 2 N–H and O–H groups in total. The van der Waals surface area contributed by atoms with E-state index in [9.17, 15) is 55.2 Å². The Morgan fingerprint density at radius 3 is 1.27 bits per heavy atom. The van der Waals surface area contributed by atoms with Gasteiger partial charge < -0.3 is 38.2 Å². The maximum Gasteiger partial charge on any atom is 0.306 e. The van der Waals surface area contributed by atoms with Crippen molar-refractivity contribution in [3.63, 3.8) is 0 Å². The van der Waals surface area contributed by atoms with Crippen LogP contribution in [0, 0.1) is 69.0 Å². The summed E-state index contributed by atoms with van der Waals surface area (Å²) in [5.74, 6) is -3.42. The van der Waals surface area contributed by atoms with Crippen LogP contribution >= 0.6 is 0 Å². The lowest BCUT2D eigenvalue weighted by Gasteiger charge is -2.32. The lowest BCUT2D eigenvalue weighted by atomic mass is 9.82. The van der Waals surface area contributed by atoms with E-state index in [1.54, 1.807) is 36.0 Å². The average Bonchev–Trinajstić information content (AvgIpc) is 1.56. The smallest absolute Gasteiger partial charge is 0.306 e. The van der Waals surface area contributed by atoms with Crippen LogP contribution in [0.2, 0.25) is 0 Å². The van der Waals surface area contributed by atoms with Gasteiger partial charge in [-0.15, -0.1) is 0 Å². The molecule has 14 rings (SSSR count). The van der Waals surface area contributed by atoms with Crippen molar-refractivity contribution >= 4 is 88.7 Å². The number of Topliss-reactive ketones (excluding diaryl/α,β-unsaturated/α-hetero) is 2. The van der Waals surface area contributed by atoms with Gasteiger partial charge in [0.05, 0.1) is 96.6 Å². The third-order valence-corrected chi connectivity index (χ3v) is 30.6. The third-order valence-electron chi connectivity index (χ3n) is 26.3. The molecule has 0 unspecified atom stereocenters. The highest BCUT2D eigenvalue weighted by Crippen LogP contribution is 2.60. The summed E-state index contributed by atoms with van der Waals surface area (Å²) in [6.45, 7) is 21.3. The Hall–Kier alpha value is -8.00. The normalized spacial score (nSPS) is 31.6. The Bertz CT molecular complexity index is 4300. The van der Waals surface area contributed by atoms with Crippen LogP contribution in [0.4, 0.5) is 0 Å². The molecule has 24 nitrogen and oxygen atoms in total. The average molecular weight is 1580 g/mol. The van der Waals surface area contributed by atoms with Gasteiger partial charge in [0, 0.05) is 59.7 Å². The molecule has 112 heavy (non-hydrogen) atoms. The summed E-state index contributed by atoms with van der Waals surface area (Å²) in [6, 6.07) is 13.1. The summed E-state index contributed by atoms with van der Waals surface area (Å²) in [5.41, 5.74) is -2.53. The summed E-state index contributed by atoms with van der Waals surface area (Å²) in [6.07, 6.45) is 20.6. The number of allylic oxidation sites excluding steroid dienone is 4. The van der Waals surface area contributed by atoms with E-state index in [-0.39, 0.29) is 121 Å². The summed E-state index contributed by atoms with van der Waals surface area (Å²) >= 11 is 0. The number of esters is 2. The second-order valence-corrected chi connectivity index (χ2v) is 40.4. The Morgan fingerprint density at radius 1 is 0.527 bits per heavy atom. The van der Waals surface area contributed by atoms with Crippen LogP contribution in [0.5, 0.6) is 23.3 Å². The molecular formula is C86H114N6O18S2. The standard InChI is InChI=1S/2C43H57N3O9S/c2*1-6-53-31-11-12-33-29(20-31)13-18-44-38(33)55-32-21-35-36(47)24-43(40(50)45-56(51,52)42(5)16-17-42)23-30(43)10-8-7-9-27(2)19-28(3)34(39(49)46(35)25-32)22-37(48)54-26-41(4)14-15-41/h2*8,10-13,18,20,27-28,30,32,34-35H,6-7,9,14-17,19,21-26H2,1-5H3,(H,45,50)/b2*10-8-/t27-,28+,30+,32+,34-,35-,43+;27-,28-,30-,32-,34+,35+,43-/m01/s1. The first-order chi connectivity index (χ1) is 53.1. The highest BCUT2D eigenvalue weighted by Gasteiger charge is 2.65. The molecule has 14 atom stereocenters. The highest BCUT2D eigenvalue weighted by molar-refractivity contribution is 7.92. The maximum atomic E-state index is 14.9. The van der Waals surface area contributed by atoms with Crippen molar-refractivity contribution < 1.29 is 83.6 Å². The molecule has 0 bridgehead atoms. The Morgan fingerprint density at radius 2 is 0.911 bits per heavy atom. The number of ketones is 2. The Kier molecular flexibility index (Phi) is 23.7. The van der Waals surface area contributed by atoms with E-state index in [2.05, 4.69) is 47.1 Å². The van der Waals surface area contributed by atoms with Crippen LogP contribution in [-0.4, -0.2) is 157 Å². The molecule has 2 aromatic heterocycles. The molecule has 6 heterocycles. The number of carbonyl (C=O) groups is 8. The van der Waals surface area contributed by atoms with E-state index in [0.29, 0.717) is 101 Å². The van der Waals surface area contributed by atoms with Gasteiger partial charge in [0.2, 0.25) is 55.4 Å². The Balaban J connectivity index is 0.000000196. The second kappa shape index (κ2) is 32.4. The van der Waals surface area contributed by atoms with E-state index < -0.39 is 100 Å². The fourth-order valence-electron chi connectivity index (χ4n) is 17.1. The van der Waals surface area contributed by atoms with E-state index >= 15 is 0 Å². The molecule has 26 heteroatoms. The number of nitrogens with zero attached hydrogens (tertiary/aromatic N) is 4. The first kappa shape index (κ1) is 82.0. The summed E-state index contributed by atoms with van der Waals surface area (Å²) < 4.78 is 91.5. The first-order valence-corrected chi connectivity index (χ1v) is 43.9. The monoisotopic (exact) mass is 1580 g/mol. The number of benzene rings is 2. The molecule has 0 radical (unpaired) electrons. The van der Waals surface area contributed by atoms with E-state index in [4.69, 9.17) is 28.4 Å². The largest absolute Gasteiger partial charge is 0.494 e. The molecule has 8 fully saturated rings. The van der Waals surface area contributed by atoms with Gasteiger partial charge in [-0.2, -0.15) is 0 Å². The molecule has 4 aliphatic heterocycles. The van der Waals surface area contributed by atoms with E-state index in [1.165, 1.54) is 0 Å². The molecular weight excluding hydrogens is 1470 g/mol. The van der Waals surface area contributed by atoms with Gasteiger partial charge >= 0.3 is 11.9 Å². The fourth-order valence-corrected chi connectivity index (χ4v) is 19.8. The number of ether oxygens (including phenoxy) is 6. The summed E-state index contributed by atoms with van der Waals surface area (Å²) in [4.78, 5) is 126. The highest BCUT2D eigenvalue weighted by atomic mass is 32.2. The minimum atomic E-state index is -3.94. The minimum Gasteiger partial charge on any atom is -0.494 e. The molecule has 6 aliphatic carbocycles. The zero-order valence-corrected chi connectivity index (χ0v) is 68.4. The molecule has 4 amide bonds. The molecule has 0 spiro atoms. The van der Waals surface area contributed by atoms with Crippen LogP contribution in [0.1, 0.15) is 210 Å². The van der Waals surface area contributed by atoms with Gasteiger partial charge in [-0.3, -0.25) is 47.8 Å². The predicted octanol–water partition coefficient (Wildman–Crippen LogP) is 12.6. The van der Waals surface area contributed by atoms with Crippen LogP contribution in [0.15, 0.2) is 85.2 Å². The minimum absolute atomic E-state index is 0.00896. The maximum absolute atomic E-state index is 14.9. The molecule has 4 aromatic rings. The number of fused-ring (bicyclic) bond motifs is 6. The van der Waals surface area contributed by atoms with E-state index in [0.717, 1.165) is 72.9 Å². The van der Waals surface area contributed by atoms with Crippen LogP contribution < -0.4 is 28.4 Å². The molecule has 6 saturated carbocycles. The zero-order chi connectivity index (χ0) is 80.1. The van der Waals surface area contributed by atoms with Crippen molar-refractivity contribution in [1.29, 1.82) is 0 Å². The number of pyridine rings is 2. The SMILES string of the molecule is CCOc1ccc2c(O[C@@H]3C[C@H]4C(=O)C[C@]5(C(=O)NS(=O)(=O)C6(C)CC6)C[C@H]5/C=C\CC[C@@H](C)C[C@@H](C)[C@H](CC(=O)OCC5(C)CC5)C(=O)N4C3)nccc2c1.CCOc1ccc2c(O[C@@H]3C[C@H]4C(=O)C[C@]5(C(=O)NS(=O)(=O)C6(C)CC6)C[C@H]5/C=C\CC[C@H](C)C[C@@H](C)[C@H](CC(=O)OCC5(C)CC5)C(=O)N4C3)nccc2c1. The van der Waals surface area contributed by atoms with Gasteiger partial charge in [-0.05, 0) is 225 Å². The zero-order valence-electron chi connectivity index (χ0n) is 66.8. The predicted molar refractivity (Wildman–Crippen MR) is 420 cm³/mol. The van der Waals surface area contributed by atoms with Crippen molar-refractivity contribution in [1.82, 2.24) is 29.2 Å². The van der Waals surface area contributed by atoms with Crippen molar-refractivity contribution in [3.05, 3.63) is 85.2 Å². The number of nitrogens with one attached hydrogen (secondary N) is 2.